The van der Waals surface area contributed by atoms with E-state index in [0.717, 1.165) is 27.7 Å². The first-order valence-electron chi connectivity index (χ1n) is 9.15. The summed E-state index contributed by atoms with van der Waals surface area (Å²) in [6, 6.07) is 14.1. The van der Waals surface area contributed by atoms with Gasteiger partial charge >= 0.3 is 0 Å². The number of carbonyl (C=O) groups excluding carboxylic acids is 1. The Balaban J connectivity index is 1.57. The van der Waals surface area contributed by atoms with E-state index in [1.165, 1.54) is 12.1 Å². The zero-order valence-electron chi connectivity index (χ0n) is 14.8. The summed E-state index contributed by atoms with van der Waals surface area (Å²) in [5.74, 6) is -0.363. The van der Waals surface area contributed by atoms with Crippen molar-refractivity contribution in [1.82, 2.24) is 15.6 Å². The van der Waals surface area contributed by atoms with Gasteiger partial charge in [-0.1, -0.05) is 18.2 Å². The minimum absolute atomic E-state index is 0.0851. The molecule has 4 rings (SSSR count). The standard InChI is InChI=1S/C21H22FN3O2/c22-14-7-5-13(6-8-14)21-16(15-3-1-2-4-17(15)25-21)9-10-20(27)24-18-11-23-12-19(18)26/h1-8,18-19,23,25-26H,9-12H2,(H,24,27)/t18-,19+/m0/s1. The number of rotatable bonds is 5. The molecular weight excluding hydrogens is 345 g/mol. The summed E-state index contributed by atoms with van der Waals surface area (Å²) in [4.78, 5) is 15.8. The van der Waals surface area contributed by atoms with E-state index in [-0.39, 0.29) is 17.8 Å². The first-order valence-corrected chi connectivity index (χ1v) is 9.15. The van der Waals surface area contributed by atoms with Crippen LogP contribution in [0.25, 0.3) is 22.2 Å². The Morgan fingerprint density at radius 1 is 1.15 bits per heavy atom. The lowest BCUT2D eigenvalue weighted by Gasteiger charge is -2.15. The molecule has 0 aliphatic carbocycles. The van der Waals surface area contributed by atoms with E-state index in [0.29, 0.717) is 25.9 Å². The van der Waals surface area contributed by atoms with Crippen LogP contribution in [-0.4, -0.2) is 41.2 Å². The smallest absolute Gasteiger partial charge is 0.220 e. The topological polar surface area (TPSA) is 77.2 Å². The summed E-state index contributed by atoms with van der Waals surface area (Å²) in [5.41, 5.74) is 3.82. The van der Waals surface area contributed by atoms with E-state index in [1.54, 1.807) is 12.1 Å². The number of carbonyl (C=O) groups is 1. The van der Waals surface area contributed by atoms with Crippen LogP contribution in [0.1, 0.15) is 12.0 Å². The molecule has 2 atom stereocenters. The number of amides is 1. The third-order valence-electron chi connectivity index (χ3n) is 5.08. The Hall–Kier alpha value is -2.70. The molecule has 1 aromatic heterocycles. The quantitative estimate of drug-likeness (QED) is 0.559. The number of H-pyrrole nitrogens is 1. The summed E-state index contributed by atoms with van der Waals surface area (Å²) in [6.45, 7) is 1.09. The molecule has 27 heavy (non-hydrogen) atoms. The molecule has 1 aliphatic rings. The Bertz CT molecular complexity index is 952. The van der Waals surface area contributed by atoms with Crippen molar-refractivity contribution in [2.45, 2.75) is 25.0 Å². The SMILES string of the molecule is O=C(CCc1c(-c2ccc(F)cc2)[nH]c2ccccc12)N[C@H]1CNC[C@H]1O. The van der Waals surface area contributed by atoms with Crippen LogP contribution in [-0.2, 0) is 11.2 Å². The second-order valence-corrected chi connectivity index (χ2v) is 6.93. The first kappa shape index (κ1) is 17.7. The van der Waals surface area contributed by atoms with Crippen molar-refractivity contribution >= 4 is 16.8 Å². The zero-order chi connectivity index (χ0) is 18.8. The van der Waals surface area contributed by atoms with Crippen LogP contribution < -0.4 is 10.6 Å². The molecule has 1 amide bonds. The Morgan fingerprint density at radius 2 is 1.93 bits per heavy atom. The van der Waals surface area contributed by atoms with Crippen molar-refractivity contribution < 1.29 is 14.3 Å². The number of nitrogens with one attached hydrogen (secondary N) is 3. The molecule has 1 saturated heterocycles. The fourth-order valence-corrected chi connectivity index (χ4v) is 3.65. The van der Waals surface area contributed by atoms with E-state index < -0.39 is 6.10 Å². The highest BCUT2D eigenvalue weighted by Gasteiger charge is 2.26. The van der Waals surface area contributed by atoms with Crippen molar-refractivity contribution in [1.29, 1.82) is 0 Å². The molecule has 0 saturated carbocycles. The number of hydrogen-bond donors (Lipinski definition) is 4. The number of para-hydroxylation sites is 1. The summed E-state index contributed by atoms with van der Waals surface area (Å²) < 4.78 is 13.3. The molecule has 1 aliphatic heterocycles. The minimum atomic E-state index is -0.545. The number of aryl methyl sites for hydroxylation is 1. The highest BCUT2D eigenvalue weighted by atomic mass is 19.1. The van der Waals surface area contributed by atoms with E-state index in [1.807, 2.05) is 24.3 Å². The summed E-state index contributed by atoms with van der Waals surface area (Å²) in [5, 5.41) is 16.8. The second-order valence-electron chi connectivity index (χ2n) is 6.93. The van der Waals surface area contributed by atoms with Crippen LogP contribution in [0.4, 0.5) is 4.39 Å². The molecule has 0 radical (unpaired) electrons. The van der Waals surface area contributed by atoms with Crippen molar-refractivity contribution in [3.63, 3.8) is 0 Å². The van der Waals surface area contributed by atoms with E-state index in [4.69, 9.17) is 0 Å². The van der Waals surface area contributed by atoms with Gasteiger partial charge < -0.3 is 20.7 Å². The fourth-order valence-electron chi connectivity index (χ4n) is 3.65. The van der Waals surface area contributed by atoms with E-state index in [9.17, 15) is 14.3 Å². The molecule has 2 aromatic carbocycles. The highest BCUT2D eigenvalue weighted by molar-refractivity contribution is 5.91. The van der Waals surface area contributed by atoms with Crippen molar-refractivity contribution in [3.05, 3.63) is 59.9 Å². The fraction of sp³-hybridized carbons (Fsp3) is 0.286. The number of halogens is 1. The van der Waals surface area contributed by atoms with Gasteiger partial charge in [0.15, 0.2) is 0 Å². The number of aromatic nitrogens is 1. The van der Waals surface area contributed by atoms with Crippen molar-refractivity contribution in [2.24, 2.45) is 0 Å². The van der Waals surface area contributed by atoms with E-state index in [2.05, 4.69) is 15.6 Å². The third kappa shape index (κ3) is 3.72. The minimum Gasteiger partial charge on any atom is -0.390 e. The van der Waals surface area contributed by atoms with Gasteiger partial charge in [0, 0.05) is 36.1 Å². The molecule has 0 unspecified atom stereocenters. The molecule has 5 nitrogen and oxygen atoms in total. The number of β-amino-alcohol motifs (C(OH)–C–C–N with tert-alkyl or cyclic N) is 1. The van der Waals surface area contributed by atoms with Gasteiger partial charge in [0.2, 0.25) is 5.91 Å². The van der Waals surface area contributed by atoms with Gasteiger partial charge in [-0.05, 0) is 47.9 Å². The molecule has 1 fully saturated rings. The maximum Gasteiger partial charge on any atom is 0.220 e. The molecule has 0 spiro atoms. The van der Waals surface area contributed by atoms with Crippen LogP contribution in [0.5, 0.6) is 0 Å². The van der Waals surface area contributed by atoms with Crippen molar-refractivity contribution in [2.75, 3.05) is 13.1 Å². The second kappa shape index (κ2) is 7.50. The summed E-state index contributed by atoms with van der Waals surface area (Å²) >= 11 is 0. The molecule has 3 aromatic rings. The van der Waals surface area contributed by atoms with Gasteiger partial charge in [-0.25, -0.2) is 4.39 Å². The van der Waals surface area contributed by atoms with Crippen LogP contribution in [0, 0.1) is 5.82 Å². The van der Waals surface area contributed by atoms with E-state index >= 15 is 0 Å². The third-order valence-corrected chi connectivity index (χ3v) is 5.08. The number of aliphatic hydroxyl groups is 1. The van der Waals surface area contributed by atoms with Crippen LogP contribution in [0.15, 0.2) is 48.5 Å². The normalized spacial score (nSPS) is 19.5. The predicted molar refractivity (Wildman–Crippen MR) is 103 cm³/mol. The molecule has 4 N–H and O–H groups in total. The maximum atomic E-state index is 13.3. The average molecular weight is 367 g/mol. The number of fused-ring (bicyclic) bond motifs is 1. The van der Waals surface area contributed by atoms with Gasteiger partial charge in [0.05, 0.1) is 12.1 Å². The zero-order valence-corrected chi connectivity index (χ0v) is 14.8. The van der Waals surface area contributed by atoms with Crippen LogP contribution >= 0.6 is 0 Å². The largest absolute Gasteiger partial charge is 0.390 e. The molecule has 140 valence electrons. The average Bonchev–Trinajstić information content (AvgIpc) is 3.24. The number of benzene rings is 2. The first-order chi connectivity index (χ1) is 13.1. The van der Waals surface area contributed by atoms with Crippen LogP contribution in [0.2, 0.25) is 0 Å². The number of aliphatic hydroxyl groups excluding tert-OH is 1. The van der Waals surface area contributed by atoms with Crippen molar-refractivity contribution in [3.8, 4) is 11.3 Å². The molecule has 2 heterocycles. The maximum absolute atomic E-state index is 13.3. The van der Waals surface area contributed by atoms with Crippen LogP contribution in [0.3, 0.4) is 0 Å². The Kier molecular flexibility index (Phi) is 4.92. The molecule has 6 heteroatoms. The summed E-state index contributed by atoms with van der Waals surface area (Å²) in [7, 11) is 0. The van der Waals surface area contributed by atoms with Gasteiger partial charge in [-0.15, -0.1) is 0 Å². The van der Waals surface area contributed by atoms with Gasteiger partial charge in [0.25, 0.3) is 0 Å². The Morgan fingerprint density at radius 3 is 2.67 bits per heavy atom. The molecular formula is C21H22FN3O2. The lowest BCUT2D eigenvalue weighted by molar-refractivity contribution is -0.122. The molecule has 0 bridgehead atoms. The van der Waals surface area contributed by atoms with Gasteiger partial charge in [0.1, 0.15) is 5.82 Å². The van der Waals surface area contributed by atoms with Gasteiger partial charge in [-0.2, -0.15) is 0 Å². The highest BCUT2D eigenvalue weighted by Crippen LogP contribution is 2.31. The lowest BCUT2D eigenvalue weighted by atomic mass is 10.0. The lowest BCUT2D eigenvalue weighted by Crippen LogP contribution is -2.42. The monoisotopic (exact) mass is 367 g/mol. The number of hydrogen-bond acceptors (Lipinski definition) is 3. The van der Waals surface area contributed by atoms with Gasteiger partial charge in [-0.3, -0.25) is 4.79 Å². The number of aromatic amines is 1. The summed E-state index contributed by atoms with van der Waals surface area (Å²) in [6.07, 6.45) is 0.328. The predicted octanol–water partition coefficient (Wildman–Crippen LogP) is 2.36. The Labute approximate surface area is 156 Å².